The maximum Gasteiger partial charge on any atom is 0.221 e. The fourth-order valence-corrected chi connectivity index (χ4v) is 1.74. The topological polar surface area (TPSA) is 41.1 Å². The lowest BCUT2D eigenvalue weighted by molar-refractivity contribution is -0.122. The van der Waals surface area contributed by atoms with Gasteiger partial charge in [-0.3, -0.25) is 4.79 Å². The van der Waals surface area contributed by atoms with Crippen LogP contribution in [0.5, 0.6) is 0 Å². The first-order chi connectivity index (χ1) is 7.03. The van der Waals surface area contributed by atoms with Crippen LogP contribution in [0, 0.1) is 18.3 Å². The smallest absolute Gasteiger partial charge is 0.221 e. The molecule has 3 nitrogen and oxygen atoms in total. The molecule has 0 spiro atoms. The minimum absolute atomic E-state index is 0.0600. The molecule has 0 aromatic rings. The highest BCUT2D eigenvalue weighted by Gasteiger charge is 2.19. The molecule has 0 aromatic carbocycles. The maximum atomic E-state index is 11.5. The molecule has 1 fully saturated rings. The zero-order chi connectivity index (χ0) is 11.3. The molecule has 1 unspecified atom stereocenters. The van der Waals surface area contributed by atoms with Crippen molar-refractivity contribution >= 4 is 5.91 Å². The van der Waals surface area contributed by atoms with E-state index < -0.39 is 5.54 Å². The first kappa shape index (κ1) is 12.1. The van der Waals surface area contributed by atoms with Crippen molar-refractivity contribution in [1.82, 2.24) is 10.6 Å². The fourth-order valence-electron chi connectivity index (χ4n) is 1.74. The van der Waals surface area contributed by atoms with Crippen molar-refractivity contribution in [1.29, 1.82) is 0 Å². The zero-order valence-corrected chi connectivity index (χ0v) is 9.60. The van der Waals surface area contributed by atoms with Gasteiger partial charge in [0.25, 0.3) is 0 Å². The molecule has 1 heterocycles. The van der Waals surface area contributed by atoms with E-state index in [4.69, 9.17) is 6.42 Å². The minimum Gasteiger partial charge on any atom is -0.340 e. The lowest BCUT2D eigenvalue weighted by Crippen LogP contribution is -2.42. The second-order valence-corrected chi connectivity index (χ2v) is 4.72. The second-order valence-electron chi connectivity index (χ2n) is 4.72. The van der Waals surface area contributed by atoms with E-state index in [2.05, 4.69) is 16.6 Å². The summed E-state index contributed by atoms with van der Waals surface area (Å²) < 4.78 is 0. The Morgan fingerprint density at radius 1 is 1.67 bits per heavy atom. The number of terminal acetylenes is 1. The van der Waals surface area contributed by atoms with Gasteiger partial charge in [-0.15, -0.1) is 6.42 Å². The van der Waals surface area contributed by atoms with E-state index in [0.717, 1.165) is 19.5 Å². The SMILES string of the molecule is C#CC(C)(C)NC(=O)CCC1CCNC1. The first-order valence-corrected chi connectivity index (χ1v) is 5.53. The molecule has 2 N–H and O–H groups in total. The third kappa shape index (κ3) is 4.35. The minimum atomic E-state index is -0.523. The molecular formula is C12H20N2O. The van der Waals surface area contributed by atoms with Crippen molar-refractivity contribution in [3.05, 3.63) is 0 Å². The highest BCUT2D eigenvalue weighted by Crippen LogP contribution is 2.14. The number of nitrogens with one attached hydrogen (secondary N) is 2. The van der Waals surface area contributed by atoms with Crippen LogP contribution in [0.3, 0.4) is 0 Å². The van der Waals surface area contributed by atoms with Crippen LogP contribution in [0.4, 0.5) is 0 Å². The highest BCUT2D eigenvalue weighted by molar-refractivity contribution is 5.77. The van der Waals surface area contributed by atoms with Crippen molar-refractivity contribution < 1.29 is 4.79 Å². The Morgan fingerprint density at radius 3 is 2.93 bits per heavy atom. The summed E-state index contributed by atoms with van der Waals surface area (Å²) in [7, 11) is 0. The summed E-state index contributed by atoms with van der Waals surface area (Å²) in [6.07, 6.45) is 8.02. The van der Waals surface area contributed by atoms with Crippen molar-refractivity contribution in [2.45, 2.75) is 38.6 Å². The normalized spacial score (nSPS) is 21.0. The van der Waals surface area contributed by atoms with Gasteiger partial charge in [0.15, 0.2) is 0 Å². The number of rotatable bonds is 4. The van der Waals surface area contributed by atoms with E-state index in [0.29, 0.717) is 12.3 Å². The molecule has 0 saturated carbocycles. The molecule has 0 bridgehead atoms. The number of carbonyl (C=O) groups is 1. The standard InChI is InChI=1S/C12H20N2O/c1-4-12(2,3)14-11(15)6-5-10-7-8-13-9-10/h1,10,13H,5-9H2,2-3H3,(H,14,15). The van der Waals surface area contributed by atoms with E-state index >= 15 is 0 Å². The van der Waals surface area contributed by atoms with Crippen molar-refractivity contribution in [3.63, 3.8) is 0 Å². The molecule has 0 aromatic heterocycles. The number of hydrogen-bond acceptors (Lipinski definition) is 2. The Bertz CT molecular complexity index is 259. The summed E-state index contributed by atoms with van der Waals surface area (Å²) in [5.74, 6) is 3.27. The number of hydrogen-bond donors (Lipinski definition) is 2. The van der Waals surface area contributed by atoms with Gasteiger partial charge in [-0.25, -0.2) is 0 Å². The Balaban J connectivity index is 2.21. The number of amides is 1. The van der Waals surface area contributed by atoms with Crippen LogP contribution >= 0.6 is 0 Å². The van der Waals surface area contributed by atoms with Crippen LogP contribution in [0.1, 0.15) is 33.1 Å². The van der Waals surface area contributed by atoms with Gasteiger partial charge in [-0.2, -0.15) is 0 Å². The summed E-state index contributed by atoms with van der Waals surface area (Å²) in [6.45, 7) is 5.80. The van der Waals surface area contributed by atoms with Crippen molar-refractivity contribution in [3.8, 4) is 12.3 Å². The molecule has 1 aliphatic rings. The lowest BCUT2D eigenvalue weighted by Gasteiger charge is -2.20. The third-order valence-corrected chi connectivity index (χ3v) is 2.75. The summed E-state index contributed by atoms with van der Waals surface area (Å²) in [4.78, 5) is 11.5. The fraction of sp³-hybridized carbons (Fsp3) is 0.750. The van der Waals surface area contributed by atoms with Crippen LogP contribution in [0.2, 0.25) is 0 Å². The largest absolute Gasteiger partial charge is 0.340 e. The summed E-state index contributed by atoms with van der Waals surface area (Å²) >= 11 is 0. The van der Waals surface area contributed by atoms with Gasteiger partial charge in [0.2, 0.25) is 5.91 Å². The molecule has 15 heavy (non-hydrogen) atoms. The van der Waals surface area contributed by atoms with Gasteiger partial charge in [-0.1, -0.05) is 5.92 Å². The van der Waals surface area contributed by atoms with Crippen LogP contribution in [0.15, 0.2) is 0 Å². The molecule has 1 amide bonds. The highest BCUT2D eigenvalue weighted by atomic mass is 16.1. The Morgan fingerprint density at radius 2 is 2.40 bits per heavy atom. The van der Waals surface area contributed by atoms with Gasteiger partial charge < -0.3 is 10.6 Å². The first-order valence-electron chi connectivity index (χ1n) is 5.53. The van der Waals surface area contributed by atoms with Crippen LogP contribution < -0.4 is 10.6 Å². The average Bonchev–Trinajstić information content (AvgIpc) is 2.66. The molecule has 0 radical (unpaired) electrons. The zero-order valence-electron chi connectivity index (χ0n) is 9.60. The Kier molecular flexibility index (Phi) is 4.16. The van der Waals surface area contributed by atoms with Crippen molar-refractivity contribution in [2.75, 3.05) is 13.1 Å². The molecule has 1 rings (SSSR count). The Labute approximate surface area is 92.0 Å². The number of carbonyl (C=O) groups excluding carboxylic acids is 1. The molecule has 1 saturated heterocycles. The van der Waals surface area contributed by atoms with E-state index in [1.807, 2.05) is 13.8 Å². The summed E-state index contributed by atoms with van der Waals surface area (Å²) in [5.41, 5.74) is -0.523. The van der Waals surface area contributed by atoms with Gasteiger partial charge >= 0.3 is 0 Å². The maximum absolute atomic E-state index is 11.5. The van der Waals surface area contributed by atoms with E-state index in [1.54, 1.807) is 0 Å². The summed E-state index contributed by atoms with van der Waals surface area (Å²) in [5, 5.41) is 6.13. The Hall–Kier alpha value is -1.01. The predicted octanol–water partition coefficient (Wildman–Crippen LogP) is 0.904. The van der Waals surface area contributed by atoms with Crippen LogP contribution in [-0.4, -0.2) is 24.5 Å². The third-order valence-electron chi connectivity index (χ3n) is 2.75. The molecule has 0 aliphatic carbocycles. The van der Waals surface area contributed by atoms with Gasteiger partial charge in [-0.05, 0) is 45.7 Å². The van der Waals surface area contributed by atoms with Crippen LogP contribution in [-0.2, 0) is 4.79 Å². The molecule has 1 atom stereocenters. The molecule has 3 heteroatoms. The van der Waals surface area contributed by atoms with E-state index in [-0.39, 0.29) is 5.91 Å². The monoisotopic (exact) mass is 208 g/mol. The van der Waals surface area contributed by atoms with E-state index in [9.17, 15) is 4.79 Å². The second kappa shape index (κ2) is 5.18. The van der Waals surface area contributed by atoms with Gasteiger partial charge in [0, 0.05) is 6.42 Å². The van der Waals surface area contributed by atoms with Gasteiger partial charge in [0.1, 0.15) is 0 Å². The average molecular weight is 208 g/mol. The lowest BCUT2D eigenvalue weighted by atomic mass is 10.0. The molecular weight excluding hydrogens is 188 g/mol. The molecule has 1 aliphatic heterocycles. The van der Waals surface area contributed by atoms with Gasteiger partial charge in [0.05, 0.1) is 5.54 Å². The predicted molar refractivity (Wildman–Crippen MR) is 61.3 cm³/mol. The quantitative estimate of drug-likeness (QED) is 0.674. The van der Waals surface area contributed by atoms with Crippen LogP contribution in [0.25, 0.3) is 0 Å². The summed E-state index contributed by atoms with van der Waals surface area (Å²) in [6, 6.07) is 0. The molecule has 84 valence electrons. The van der Waals surface area contributed by atoms with E-state index in [1.165, 1.54) is 6.42 Å². The van der Waals surface area contributed by atoms with Crippen molar-refractivity contribution in [2.24, 2.45) is 5.92 Å².